The Kier molecular flexibility index (Phi) is 4.13. The zero-order valence-corrected chi connectivity index (χ0v) is 9.92. The molecule has 0 unspecified atom stereocenters. The molecule has 0 aliphatic heterocycles. The molecule has 2 rings (SSSR count). The SMILES string of the molecule is O=C(CCC1CCCC1)Nc1ccc(F)cc1. The molecule has 1 fully saturated rings. The minimum absolute atomic E-state index is 0.0310. The summed E-state index contributed by atoms with van der Waals surface area (Å²) in [6.45, 7) is 0. The fourth-order valence-electron chi connectivity index (χ4n) is 2.39. The highest BCUT2D eigenvalue weighted by Crippen LogP contribution is 2.28. The van der Waals surface area contributed by atoms with Crippen LogP contribution in [0.4, 0.5) is 10.1 Å². The number of hydrogen-bond donors (Lipinski definition) is 1. The zero-order valence-electron chi connectivity index (χ0n) is 9.92. The number of amides is 1. The molecule has 0 aromatic heterocycles. The Morgan fingerprint density at radius 2 is 1.88 bits per heavy atom. The number of hydrogen-bond acceptors (Lipinski definition) is 1. The van der Waals surface area contributed by atoms with Crippen molar-refractivity contribution in [1.29, 1.82) is 0 Å². The first-order valence-corrected chi connectivity index (χ1v) is 6.29. The molecule has 0 atom stereocenters. The van der Waals surface area contributed by atoms with E-state index in [1.165, 1.54) is 37.8 Å². The van der Waals surface area contributed by atoms with Crippen LogP contribution in [-0.4, -0.2) is 5.91 Å². The largest absolute Gasteiger partial charge is 0.326 e. The maximum Gasteiger partial charge on any atom is 0.224 e. The van der Waals surface area contributed by atoms with E-state index >= 15 is 0 Å². The zero-order chi connectivity index (χ0) is 12.1. The highest BCUT2D eigenvalue weighted by molar-refractivity contribution is 5.90. The lowest BCUT2D eigenvalue weighted by atomic mass is 10.0. The van der Waals surface area contributed by atoms with Gasteiger partial charge in [-0.25, -0.2) is 4.39 Å². The van der Waals surface area contributed by atoms with Gasteiger partial charge in [0.1, 0.15) is 5.82 Å². The van der Waals surface area contributed by atoms with E-state index in [9.17, 15) is 9.18 Å². The Morgan fingerprint density at radius 1 is 1.24 bits per heavy atom. The number of carbonyl (C=O) groups is 1. The molecule has 1 aromatic carbocycles. The van der Waals surface area contributed by atoms with Gasteiger partial charge in [0.15, 0.2) is 0 Å². The van der Waals surface area contributed by atoms with E-state index in [0.29, 0.717) is 12.1 Å². The lowest BCUT2D eigenvalue weighted by Gasteiger charge is -2.09. The first kappa shape index (κ1) is 12.1. The van der Waals surface area contributed by atoms with Gasteiger partial charge in [0.2, 0.25) is 5.91 Å². The van der Waals surface area contributed by atoms with Gasteiger partial charge in [0.25, 0.3) is 0 Å². The Morgan fingerprint density at radius 3 is 2.53 bits per heavy atom. The number of nitrogens with one attached hydrogen (secondary N) is 1. The highest BCUT2D eigenvalue weighted by Gasteiger charge is 2.16. The molecule has 1 aromatic rings. The topological polar surface area (TPSA) is 29.1 Å². The van der Waals surface area contributed by atoms with Crippen LogP contribution in [0, 0.1) is 11.7 Å². The molecule has 0 bridgehead atoms. The molecule has 0 heterocycles. The lowest BCUT2D eigenvalue weighted by molar-refractivity contribution is -0.116. The van der Waals surface area contributed by atoms with Crippen LogP contribution in [0.25, 0.3) is 0 Å². The normalized spacial score (nSPS) is 16.1. The molecule has 1 saturated carbocycles. The fraction of sp³-hybridized carbons (Fsp3) is 0.500. The lowest BCUT2D eigenvalue weighted by Crippen LogP contribution is -2.12. The van der Waals surface area contributed by atoms with Gasteiger partial charge in [-0.15, -0.1) is 0 Å². The van der Waals surface area contributed by atoms with Crippen molar-refractivity contribution in [2.45, 2.75) is 38.5 Å². The monoisotopic (exact) mass is 235 g/mol. The summed E-state index contributed by atoms with van der Waals surface area (Å²) < 4.78 is 12.7. The van der Waals surface area contributed by atoms with Crippen molar-refractivity contribution in [3.63, 3.8) is 0 Å². The predicted octanol–water partition coefficient (Wildman–Crippen LogP) is 3.73. The number of halogens is 1. The van der Waals surface area contributed by atoms with Crippen LogP contribution in [0.1, 0.15) is 38.5 Å². The third-order valence-electron chi connectivity index (χ3n) is 3.38. The Bertz CT molecular complexity index is 368. The molecule has 1 aliphatic carbocycles. The van der Waals surface area contributed by atoms with Crippen molar-refractivity contribution in [2.75, 3.05) is 5.32 Å². The molecule has 2 nitrogen and oxygen atoms in total. The van der Waals surface area contributed by atoms with E-state index < -0.39 is 0 Å². The molecule has 1 aliphatic rings. The van der Waals surface area contributed by atoms with Gasteiger partial charge in [-0.3, -0.25) is 4.79 Å². The number of benzene rings is 1. The number of anilines is 1. The fourth-order valence-corrected chi connectivity index (χ4v) is 2.39. The Balaban J connectivity index is 1.74. The second kappa shape index (κ2) is 5.80. The maximum atomic E-state index is 12.7. The minimum atomic E-state index is -0.283. The Labute approximate surface area is 101 Å². The average molecular weight is 235 g/mol. The van der Waals surface area contributed by atoms with E-state index in [0.717, 1.165) is 12.3 Å². The predicted molar refractivity (Wildman–Crippen MR) is 66.2 cm³/mol. The first-order chi connectivity index (χ1) is 8.24. The van der Waals surface area contributed by atoms with Crippen LogP contribution in [0.3, 0.4) is 0 Å². The van der Waals surface area contributed by atoms with Crippen molar-refractivity contribution in [3.05, 3.63) is 30.1 Å². The summed E-state index contributed by atoms with van der Waals surface area (Å²) in [7, 11) is 0. The molecule has 0 radical (unpaired) electrons. The molecule has 92 valence electrons. The quantitative estimate of drug-likeness (QED) is 0.846. The van der Waals surface area contributed by atoms with Crippen molar-refractivity contribution in [2.24, 2.45) is 5.92 Å². The van der Waals surface area contributed by atoms with Crippen LogP contribution in [0.2, 0.25) is 0 Å². The van der Waals surface area contributed by atoms with E-state index in [2.05, 4.69) is 5.32 Å². The summed E-state index contributed by atoms with van der Waals surface area (Å²) in [6, 6.07) is 5.88. The Hall–Kier alpha value is -1.38. The second-order valence-corrected chi connectivity index (χ2v) is 4.74. The van der Waals surface area contributed by atoms with Crippen LogP contribution < -0.4 is 5.32 Å². The highest BCUT2D eigenvalue weighted by atomic mass is 19.1. The number of carbonyl (C=O) groups excluding carboxylic acids is 1. The van der Waals surface area contributed by atoms with Gasteiger partial charge in [0.05, 0.1) is 0 Å². The van der Waals surface area contributed by atoms with E-state index in [4.69, 9.17) is 0 Å². The van der Waals surface area contributed by atoms with Crippen molar-refractivity contribution >= 4 is 11.6 Å². The van der Waals surface area contributed by atoms with Crippen LogP contribution in [0.5, 0.6) is 0 Å². The first-order valence-electron chi connectivity index (χ1n) is 6.29. The van der Waals surface area contributed by atoms with Crippen molar-refractivity contribution in [3.8, 4) is 0 Å². The van der Waals surface area contributed by atoms with E-state index in [1.807, 2.05) is 0 Å². The smallest absolute Gasteiger partial charge is 0.224 e. The van der Waals surface area contributed by atoms with Gasteiger partial charge in [-0.05, 0) is 36.6 Å². The number of rotatable bonds is 4. The van der Waals surface area contributed by atoms with Crippen LogP contribution >= 0.6 is 0 Å². The van der Waals surface area contributed by atoms with Crippen molar-refractivity contribution in [1.82, 2.24) is 0 Å². The summed E-state index contributed by atoms with van der Waals surface area (Å²) in [5, 5.41) is 2.79. The van der Waals surface area contributed by atoms with Gasteiger partial charge in [0, 0.05) is 12.1 Å². The van der Waals surface area contributed by atoms with E-state index in [1.54, 1.807) is 12.1 Å². The van der Waals surface area contributed by atoms with Crippen LogP contribution in [-0.2, 0) is 4.79 Å². The average Bonchev–Trinajstić information content (AvgIpc) is 2.83. The maximum absolute atomic E-state index is 12.7. The third-order valence-corrected chi connectivity index (χ3v) is 3.38. The molecule has 3 heteroatoms. The minimum Gasteiger partial charge on any atom is -0.326 e. The summed E-state index contributed by atoms with van der Waals surface area (Å²) in [5.74, 6) is 0.478. The van der Waals surface area contributed by atoms with Crippen molar-refractivity contribution < 1.29 is 9.18 Å². The standard InChI is InChI=1S/C14H18FNO/c15-12-6-8-13(9-7-12)16-14(17)10-5-11-3-1-2-4-11/h6-9,11H,1-5,10H2,(H,16,17). The molecular formula is C14H18FNO. The third kappa shape index (κ3) is 3.84. The van der Waals surface area contributed by atoms with Gasteiger partial charge >= 0.3 is 0 Å². The van der Waals surface area contributed by atoms with Gasteiger partial charge in [-0.2, -0.15) is 0 Å². The molecule has 0 spiro atoms. The van der Waals surface area contributed by atoms with Gasteiger partial charge < -0.3 is 5.32 Å². The van der Waals surface area contributed by atoms with E-state index in [-0.39, 0.29) is 11.7 Å². The molecule has 17 heavy (non-hydrogen) atoms. The molecule has 1 amide bonds. The molecule has 0 saturated heterocycles. The summed E-state index contributed by atoms with van der Waals surface area (Å²) >= 11 is 0. The molecular weight excluding hydrogens is 217 g/mol. The summed E-state index contributed by atoms with van der Waals surface area (Å²) in [6.07, 6.45) is 6.71. The summed E-state index contributed by atoms with van der Waals surface area (Å²) in [5.41, 5.74) is 0.669. The second-order valence-electron chi connectivity index (χ2n) is 4.74. The molecule has 1 N–H and O–H groups in total. The summed E-state index contributed by atoms with van der Waals surface area (Å²) in [4.78, 5) is 11.6. The van der Waals surface area contributed by atoms with Gasteiger partial charge in [-0.1, -0.05) is 25.7 Å². The van der Waals surface area contributed by atoms with Crippen LogP contribution in [0.15, 0.2) is 24.3 Å².